The fourth-order valence-corrected chi connectivity index (χ4v) is 4.37. The Morgan fingerprint density at radius 2 is 2.16 bits per heavy atom. The van der Waals surface area contributed by atoms with Gasteiger partial charge in [-0.1, -0.05) is 13.0 Å². The van der Waals surface area contributed by atoms with E-state index in [9.17, 15) is 13.2 Å². The molecule has 1 aromatic heterocycles. The van der Waals surface area contributed by atoms with E-state index in [0.717, 1.165) is 12.1 Å². The van der Waals surface area contributed by atoms with Crippen molar-refractivity contribution in [2.45, 2.75) is 31.2 Å². The Morgan fingerprint density at radius 3 is 2.84 bits per heavy atom. The first kappa shape index (κ1) is 23.6. The number of carbonyl (C=O) groups excluding carboxylic acids is 1. The molecule has 0 saturated heterocycles. The second kappa shape index (κ2) is 10.5. The SMILES string of the molecule is CCCN(Cc1ccn[nH]1)C(=O)C1=Cc2ccc(S(=O)(=O)NCCOC)cc2N=C(N)C1. The topological polar surface area (TPSA) is 143 Å². The molecule has 0 spiro atoms. The molecule has 11 heteroatoms. The Hall–Kier alpha value is -3.02. The molecule has 172 valence electrons. The zero-order valence-electron chi connectivity index (χ0n) is 18.2. The maximum Gasteiger partial charge on any atom is 0.250 e. The minimum atomic E-state index is -3.72. The number of nitrogens with zero attached hydrogens (tertiary/aromatic N) is 3. The Bertz CT molecular complexity index is 1110. The number of ether oxygens (including phenoxy) is 1. The minimum Gasteiger partial charge on any atom is -0.387 e. The molecule has 1 amide bonds. The normalized spacial score (nSPS) is 13.7. The number of benzene rings is 1. The molecule has 0 fully saturated rings. The Labute approximate surface area is 187 Å². The average Bonchev–Trinajstić information content (AvgIpc) is 3.20. The van der Waals surface area contributed by atoms with Crippen LogP contribution in [0.4, 0.5) is 5.69 Å². The number of H-pyrrole nitrogens is 1. The van der Waals surface area contributed by atoms with Gasteiger partial charge in [0.05, 0.1) is 29.4 Å². The monoisotopic (exact) mass is 460 g/mol. The summed E-state index contributed by atoms with van der Waals surface area (Å²) in [6.07, 6.45) is 4.34. The zero-order valence-corrected chi connectivity index (χ0v) is 19.0. The van der Waals surface area contributed by atoms with E-state index < -0.39 is 10.0 Å². The second-order valence-electron chi connectivity index (χ2n) is 7.37. The van der Waals surface area contributed by atoms with Crippen LogP contribution in [0, 0.1) is 0 Å². The Morgan fingerprint density at radius 1 is 1.34 bits per heavy atom. The second-order valence-corrected chi connectivity index (χ2v) is 9.14. The number of hydrogen-bond acceptors (Lipinski definition) is 7. The third-order valence-corrected chi connectivity index (χ3v) is 6.31. The average molecular weight is 461 g/mol. The lowest BCUT2D eigenvalue weighted by Gasteiger charge is -2.22. The lowest BCUT2D eigenvalue weighted by molar-refractivity contribution is -0.127. The largest absolute Gasteiger partial charge is 0.387 e. The van der Waals surface area contributed by atoms with Crippen LogP contribution in [0.15, 0.2) is 45.9 Å². The summed E-state index contributed by atoms with van der Waals surface area (Å²) < 4.78 is 32.4. The summed E-state index contributed by atoms with van der Waals surface area (Å²) in [5.74, 6) is 0.0913. The molecular formula is C21H28N6O4S. The van der Waals surface area contributed by atoms with Gasteiger partial charge in [-0.25, -0.2) is 18.1 Å². The van der Waals surface area contributed by atoms with E-state index in [4.69, 9.17) is 10.5 Å². The van der Waals surface area contributed by atoms with Crippen molar-refractivity contribution >= 4 is 33.5 Å². The highest BCUT2D eigenvalue weighted by Crippen LogP contribution is 2.30. The van der Waals surface area contributed by atoms with Crippen molar-refractivity contribution in [2.75, 3.05) is 26.8 Å². The first-order valence-corrected chi connectivity index (χ1v) is 11.8. The van der Waals surface area contributed by atoms with Crippen molar-refractivity contribution in [3.8, 4) is 0 Å². The number of aromatic amines is 1. The van der Waals surface area contributed by atoms with Gasteiger partial charge in [0, 0.05) is 44.0 Å². The van der Waals surface area contributed by atoms with E-state index in [1.54, 1.807) is 23.2 Å². The van der Waals surface area contributed by atoms with Crippen molar-refractivity contribution in [2.24, 2.45) is 10.7 Å². The van der Waals surface area contributed by atoms with Gasteiger partial charge in [-0.2, -0.15) is 5.10 Å². The van der Waals surface area contributed by atoms with Crippen molar-refractivity contribution in [1.29, 1.82) is 0 Å². The van der Waals surface area contributed by atoms with E-state index in [0.29, 0.717) is 29.9 Å². The molecular weight excluding hydrogens is 432 g/mol. The summed E-state index contributed by atoms with van der Waals surface area (Å²) in [4.78, 5) is 19.5. The van der Waals surface area contributed by atoms with Crippen LogP contribution in [0.5, 0.6) is 0 Å². The van der Waals surface area contributed by atoms with Gasteiger partial charge >= 0.3 is 0 Å². The molecule has 3 rings (SSSR count). The molecule has 1 aliphatic heterocycles. The number of amides is 1. The van der Waals surface area contributed by atoms with Crippen molar-refractivity contribution in [1.82, 2.24) is 19.8 Å². The maximum absolute atomic E-state index is 13.3. The van der Waals surface area contributed by atoms with Gasteiger partial charge in [0.15, 0.2) is 0 Å². The third-order valence-electron chi connectivity index (χ3n) is 4.85. The van der Waals surface area contributed by atoms with Crippen molar-refractivity contribution in [3.05, 3.63) is 47.3 Å². The molecule has 2 aromatic rings. The quantitative estimate of drug-likeness (QED) is 0.459. The Balaban J connectivity index is 1.89. The van der Waals surface area contributed by atoms with Gasteiger partial charge in [-0.05, 0) is 30.7 Å². The third kappa shape index (κ3) is 5.81. The molecule has 0 bridgehead atoms. The predicted molar refractivity (Wildman–Crippen MR) is 122 cm³/mol. The van der Waals surface area contributed by atoms with E-state index in [2.05, 4.69) is 19.9 Å². The number of nitrogens with two attached hydrogens (primary N) is 1. The van der Waals surface area contributed by atoms with Gasteiger partial charge in [-0.15, -0.1) is 0 Å². The summed E-state index contributed by atoms with van der Waals surface area (Å²) in [5.41, 5.74) is 8.44. The summed E-state index contributed by atoms with van der Waals surface area (Å²) in [5, 5.41) is 6.81. The summed E-state index contributed by atoms with van der Waals surface area (Å²) in [6, 6.07) is 6.40. The van der Waals surface area contributed by atoms with Crippen LogP contribution in [-0.2, 0) is 26.1 Å². The van der Waals surface area contributed by atoms with Crippen LogP contribution < -0.4 is 10.5 Å². The van der Waals surface area contributed by atoms with E-state index in [1.807, 2.05) is 13.0 Å². The van der Waals surface area contributed by atoms with E-state index >= 15 is 0 Å². The molecule has 4 N–H and O–H groups in total. The molecule has 0 atom stereocenters. The molecule has 1 aliphatic rings. The number of sulfonamides is 1. The lowest BCUT2D eigenvalue weighted by Crippen LogP contribution is -2.33. The number of nitrogens with one attached hydrogen (secondary N) is 2. The van der Waals surface area contributed by atoms with Gasteiger partial charge in [0.1, 0.15) is 5.84 Å². The first-order valence-electron chi connectivity index (χ1n) is 10.3. The van der Waals surface area contributed by atoms with Crippen molar-refractivity contribution < 1.29 is 17.9 Å². The zero-order chi connectivity index (χ0) is 23.1. The molecule has 10 nitrogen and oxygen atoms in total. The number of hydrogen-bond donors (Lipinski definition) is 3. The molecule has 2 heterocycles. The van der Waals surface area contributed by atoms with Crippen LogP contribution in [0.2, 0.25) is 0 Å². The molecule has 32 heavy (non-hydrogen) atoms. The number of fused-ring (bicyclic) bond motifs is 1. The van der Waals surface area contributed by atoms with Crippen LogP contribution in [0.1, 0.15) is 31.0 Å². The van der Waals surface area contributed by atoms with Gasteiger partial charge in [-0.3, -0.25) is 9.89 Å². The Kier molecular flexibility index (Phi) is 7.78. The maximum atomic E-state index is 13.3. The predicted octanol–water partition coefficient (Wildman–Crippen LogP) is 1.55. The molecule has 0 unspecified atom stereocenters. The summed E-state index contributed by atoms with van der Waals surface area (Å²) in [7, 11) is -2.22. The van der Waals surface area contributed by atoms with Crippen LogP contribution in [0.3, 0.4) is 0 Å². The number of amidine groups is 1. The number of aliphatic imine (C=N–C) groups is 1. The highest BCUT2D eigenvalue weighted by atomic mass is 32.2. The van der Waals surface area contributed by atoms with Gasteiger partial charge < -0.3 is 15.4 Å². The van der Waals surface area contributed by atoms with Crippen molar-refractivity contribution in [3.63, 3.8) is 0 Å². The summed E-state index contributed by atoms with van der Waals surface area (Å²) >= 11 is 0. The molecule has 0 aliphatic carbocycles. The fraction of sp³-hybridized carbons (Fsp3) is 0.381. The van der Waals surface area contributed by atoms with Crippen LogP contribution in [0.25, 0.3) is 6.08 Å². The number of methoxy groups -OCH3 is 1. The van der Waals surface area contributed by atoms with Gasteiger partial charge in [0.2, 0.25) is 10.0 Å². The van der Waals surface area contributed by atoms with Crippen LogP contribution in [-0.4, -0.2) is 62.1 Å². The van der Waals surface area contributed by atoms with E-state index in [1.165, 1.54) is 19.2 Å². The highest BCUT2D eigenvalue weighted by Gasteiger charge is 2.23. The lowest BCUT2D eigenvalue weighted by atomic mass is 10.1. The number of carbonyl (C=O) groups is 1. The standard InChI is InChI=1S/C21H28N6O4S/c1-3-9-27(14-17-6-7-23-26-17)21(28)16-11-15-4-5-18(13-19(15)25-20(22)12-16)32(29,30)24-8-10-31-2/h4-7,11,13,24H,3,8-10,12,14H2,1-2H3,(H2,22,25)(H,23,26). The van der Waals surface area contributed by atoms with Gasteiger partial charge in [0.25, 0.3) is 5.91 Å². The molecule has 0 radical (unpaired) electrons. The van der Waals surface area contributed by atoms with Crippen LogP contribution >= 0.6 is 0 Å². The molecule has 1 aromatic carbocycles. The highest BCUT2D eigenvalue weighted by molar-refractivity contribution is 7.89. The number of rotatable bonds is 10. The number of aromatic nitrogens is 2. The fourth-order valence-electron chi connectivity index (χ4n) is 3.34. The minimum absolute atomic E-state index is 0.0685. The molecule has 0 saturated carbocycles. The first-order chi connectivity index (χ1) is 15.3. The smallest absolute Gasteiger partial charge is 0.250 e. The van der Waals surface area contributed by atoms with E-state index in [-0.39, 0.29) is 36.2 Å². The summed E-state index contributed by atoms with van der Waals surface area (Å²) in [6.45, 7) is 3.39.